The van der Waals surface area contributed by atoms with Gasteiger partial charge in [-0.05, 0) is 6.08 Å². The van der Waals surface area contributed by atoms with Gasteiger partial charge in [-0.3, -0.25) is 4.79 Å². The first-order valence-corrected chi connectivity index (χ1v) is 10.6. The number of carbonyl (C=O) groups is 5. The summed E-state index contributed by atoms with van der Waals surface area (Å²) in [7, 11) is 0. The van der Waals surface area contributed by atoms with Gasteiger partial charge in [0.25, 0.3) is 0 Å². The average Bonchev–Trinajstić information content (AvgIpc) is 2.90. The smallest absolute Gasteiger partial charge is 0.330 e. The van der Waals surface area contributed by atoms with Gasteiger partial charge in [-0.15, -0.1) is 0 Å². The van der Waals surface area contributed by atoms with Crippen molar-refractivity contribution in [1.82, 2.24) is 0 Å². The van der Waals surface area contributed by atoms with Crippen LogP contribution in [-0.4, -0.2) is 81.0 Å². The summed E-state index contributed by atoms with van der Waals surface area (Å²) >= 11 is 0. The number of aliphatic hydroxyl groups excluding tert-OH is 1. The van der Waals surface area contributed by atoms with E-state index in [1.165, 1.54) is 0 Å². The normalized spacial score (nSPS) is 10.8. The average molecular weight is 509 g/mol. The maximum Gasteiger partial charge on any atom is 0.330 e. The van der Waals surface area contributed by atoms with Crippen molar-refractivity contribution >= 4 is 29.7 Å². The van der Waals surface area contributed by atoms with Gasteiger partial charge in [-0.1, -0.05) is 32.9 Å². The van der Waals surface area contributed by atoms with Crippen LogP contribution < -0.4 is 0 Å². The number of carbonyl (C=O) groups excluding carboxylic acids is 5. The summed E-state index contributed by atoms with van der Waals surface area (Å²) in [5.74, 6) is -3.63. The molecule has 0 aromatic carbocycles. The Kier molecular flexibility index (Phi) is 15.0. The van der Waals surface area contributed by atoms with Crippen LogP contribution in [0.2, 0.25) is 0 Å². The molecule has 11 nitrogen and oxygen atoms in total. The summed E-state index contributed by atoms with van der Waals surface area (Å²) < 4.78 is 26.0. The van der Waals surface area contributed by atoms with E-state index < -0.39 is 73.5 Å². The van der Waals surface area contributed by atoms with Crippen molar-refractivity contribution in [1.29, 1.82) is 0 Å². The zero-order valence-corrected chi connectivity index (χ0v) is 20.1. The molecule has 0 bridgehead atoms. The van der Waals surface area contributed by atoms with Crippen molar-refractivity contribution in [3.63, 3.8) is 0 Å². The molecule has 0 heterocycles. The number of hydrogen-bond donors (Lipinski definition) is 1. The molecule has 0 aliphatic rings. The second-order valence-corrected chi connectivity index (χ2v) is 7.75. The highest BCUT2D eigenvalue weighted by molar-refractivity contribution is 5.89. The molecule has 198 valence electrons. The van der Waals surface area contributed by atoms with E-state index in [0.29, 0.717) is 0 Å². The van der Waals surface area contributed by atoms with Crippen LogP contribution >= 0.6 is 0 Å². The third-order valence-electron chi connectivity index (χ3n) is 4.68. The van der Waals surface area contributed by atoms with E-state index in [2.05, 4.69) is 32.9 Å². The van der Waals surface area contributed by atoms with Crippen molar-refractivity contribution in [2.75, 3.05) is 46.2 Å². The van der Waals surface area contributed by atoms with Gasteiger partial charge in [0, 0.05) is 30.7 Å². The van der Waals surface area contributed by atoms with Crippen molar-refractivity contribution in [2.24, 2.45) is 10.8 Å². The van der Waals surface area contributed by atoms with Crippen molar-refractivity contribution in [3.05, 3.63) is 63.3 Å². The Balaban J connectivity index is 5.91. The predicted molar refractivity (Wildman–Crippen MR) is 127 cm³/mol. The topological polar surface area (TPSA) is 152 Å². The third-order valence-corrected chi connectivity index (χ3v) is 4.68. The molecule has 11 heteroatoms. The quantitative estimate of drug-likeness (QED) is 0.143. The highest BCUT2D eigenvalue weighted by atomic mass is 16.6. The van der Waals surface area contributed by atoms with E-state index in [1.54, 1.807) is 0 Å². The van der Waals surface area contributed by atoms with Gasteiger partial charge in [0.05, 0.1) is 30.7 Å². The fourth-order valence-electron chi connectivity index (χ4n) is 2.60. The number of rotatable bonds is 20. The lowest BCUT2D eigenvalue weighted by molar-refractivity contribution is -0.161. The summed E-state index contributed by atoms with van der Waals surface area (Å²) in [4.78, 5) is 58.7. The lowest BCUT2D eigenvalue weighted by Gasteiger charge is -2.34. The molecule has 1 N–H and O–H groups in total. The molecule has 0 unspecified atom stereocenters. The van der Waals surface area contributed by atoms with Crippen LogP contribution in [0, 0.1) is 10.8 Å². The van der Waals surface area contributed by atoms with Gasteiger partial charge in [0.1, 0.15) is 26.4 Å². The number of hydrogen-bond acceptors (Lipinski definition) is 11. The zero-order chi connectivity index (χ0) is 27.6. The summed E-state index contributed by atoms with van der Waals surface area (Å²) in [5.41, 5.74) is -2.79. The van der Waals surface area contributed by atoms with Crippen LogP contribution in [0.3, 0.4) is 0 Å². The Bertz CT molecular complexity index is 808. The predicted octanol–water partition coefficient (Wildman–Crippen LogP) is 1.03. The highest BCUT2D eigenvalue weighted by Gasteiger charge is 2.39. The van der Waals surface area contributed by atoms with Crippen molar-refractivity contribution in [2.45, 2.75) is 6.42 Å². The first kappa shape index (κ1) is 32.2. The molecule has 0 aliphatic carbocycles. The number of ether oxygens (including phenoxy) is 5. The molecule has 0 aliphatic heterocycles. The lowest BCUT2D eigenvalue weighted by Crippen LogP contribution is -2.45. The van der Waals surface area contributed by atoms with Gasteiger partial charge in [-0.25, -0.2) is 19.2 Å². The first-order chi connectivity index (χ1) is 17.0. The van der Waals surface area contributed by atoms with E-state index in [0.717, 1.165) is 30.4 Å². The SMILES string of the molecule is C=CC(=O)CC(COCC(CO)(COC(=O)C=C)COC(=O)C=C)(COC(=O)C=C)COC(=O)C=C. The van der Waals surface area contributed by atoms with Crippen LogP contribution in [0.15, 0.2) is 63.3 Å². The van der Waals surface area contributed by atoms with E-state index >= 15 is 0 Å². The standard InChI is InChI=1S/C25H32O11/c1-6-19(27)11-24(15-33-20(28)7-2,16-34-21(29)8-3)13-32-14-25(12-26,17-35-22(30)9-4)18-36-23(31)10-5/h6-10,26H,1-5,11-18H2. The molecule has 0 saturated carbocycles. The van der Waals surface area contributed by atoms with E-state index in [4.69, 9.17) is 23.7 Å². The molecule has 0 radical (unpaired) electrons. The second-order valence-electron chi connectivity index (χ2n) is 7.75. The monoisotopic (exact) mass is 508 g/mol. The minimum atomic E-state index is -1.42. The van der Waals surface area contributed by atoms with Crippen molar-refractivity contribution in [3.8, 4) is 0 Å². The van der Waals surface area contributed by atoms with E-state index in [-0.39, 0.29) is 19.6 Å². The molecular weight excluding hydrogens is 476 g/mol. The summed E-state index contributed by atoms with van der Waals surface area (Å²) in [6.07, 6.45) is 4.39. The maximum absolute atomic E-state index is 12.2. The molecule has 0 fully saturated rings. The van der Waals surface area contributed by atoms with E-state index in [1.807, 2.05) is 0 Å². The largest absolute Gasteiger partial charge is 0.462 e. The fourth-order valence-corrected chi connectivity index (χ4v) is 2.60. The maximum atomic E-state index is 12.2. The Morgan fingerprint density at radius 3 is 1.19 bits per heavy atom. The zero-order valence-electron chi connectivity index (χ0n) is 20.1. The van der Waals surface area contributed by atoms with Crippen molar-refractivity contribution < 1.29 is 52.8 Å². The second kappa shape index (κ2) is 16.7. The Hall–Kier alpha value is -3.83. The third kappa shape index (κ3) is 12.0. The lowest BCUT2D eigenvalue weighted by atomic mass is 9.84. The van der Waals surface area contributed by atoms with Crippen LogP contribution in [0.25, 0.3) is 0 Å². The summed E-state index contributed by atoms with van der Waals surface area (Å²) in [5, 5.41) is 10.0. The van der Waals surface area contributed by atoms with Crippen LogP contribution in [0.1, 0.15) is 6.42 Å². The van der Waals surface area contributed by atoms with Crippen LogP contribution in [0.4, 0.5) is 0 Å². The molecule has 0 spiro atoms. The highest BCUT2D eigenvalue weighted by Crippen LogP contribution is 2.28. The summed E-state index contributed by atoms with van der Waals surface area (Å²) in [6, 6.07) is 0. The minimum absolute atomic E-state index is 0.297. The van der Waals surface area contributed by atoms with Gasteiger partial charge < -0.3 is 28.8 Å². The minimum Gasteiger partial charge on any atom is -0.462 e. The first-order valence-electron chi connectivity index (χ1n) is 10.6. The molecule has 0 rings (SSSR count). The molecule has 0 atom stereocenters. The van der Waals surface area contributed by atoms with Gasteiger partial charge in [0.2, 0.25) is 0 Å². The van der Waals surface area contributed by atoms with Crippen LogP contribution in [-0.2, 0) is 47.7 Å². The molecule has 0 saturated heterocycles. The number of esters is 4. The number of aliphatic hydroxyl groups is 1. The number of ketones is 1. The summed E-state index contributed by atoms with van der Waals surface area (Å²) in [6.45, 7) is 13.6. The van der Waals surface area contributed by atoms with Gasteiger partial charge in [0.15, 0.2) is 5.78 Å². The van der Waals surface area contributed by atoms with Gasteiger partial charge in [-0.2, -0.15) is 0 Å². The molecule has 0 aromatic rings. The molecule has 36 heavy (non-hydrogen) atoms. The Morgan fingerprint density at radius 2 is 0.889 bits per heavy atom. The van der Waals surface area contributed by atoms with E-state index in [9.17, 15) is 29.1 Å². The molecular formula is C25H32O11. The molecule has 0 aromatic heterocycles. The Morgan fingerprint density at radius 1 is 0.556 bits per heavy atom. The molecule has 0 amide bonds. The number of allylic oxidation sites excluding steroid dienone is 1. The fraction of sp³-hybridized carbons (Fsp3) is 0.400. The Labute approximate surface area is 209 Å². The van der Waals surface area contributed by atoms with Crippen LogP contribution in [0.5, 0.6) is 0 Å². The van der Waals surface area contributed by atoms with Gasteiger partial charge >= 0.3 is 23.9 Å².